The van der Waals surface area contributed by atoms with Gasteiger partial charge in [-0.15, -0.1) is 0 Å². The molecule has 3 rings (SSSR count). The van der Waals surface area contributed by atoms with Gasteiger partial charge in [0, 0.05) is 17.4 Å². The largest absolute Gasteiger partial charge is 0.325 e. The first-order valence-electron chi connectivity index (χ1n) is 7.98. The minimum Gasteiger partial charge on any atom is -0.325 e. The van der Waals surface area contributed by atoms with Crippen molar-refractivity contribution in [2.24, 2.45) is 0 Å². The van der Waals surface area contributed by atoms with E-state index in [0.29, 0.717) is 23.2 Å². The summed E-state index contributed by atoms with van der Waals surface area (Å²) >= 11 is 3.42. The van der Waals surface area contributed by atoms with Crippen molar-refractivity contribution in [1.82, 2.24) is 4.90 Å². The molecule has 1 aliphatic rings. The number of hydrogen-bond acceptors (Lipinski definition) is 3. The third kappa shape index (κ3) is 3.64. The van der Waals surface area contributed by atoms with E-state index in [9.17, 15) is 14.4 Å². The molecule has 1 heterocycles. The normalized spacial score (nSPS) is 13.1. The highest BCUT2D eigenvalue weighted by atomic mass is 79.9. The molecule has 25 heavy (non-hydrogen) atoms. The second kappa shape index (κ2) is 7.19. The van der Waals surface area contributed by atoms with Crippen LogP contribution in [0.3, 0.4) is 0 Å². The summed E-state index contributed by atoms with van der Waals surface area (Å²) in [5, 5.41) is 2.83. The van der Waals surface area contributed by atoms with Gasteiger partial charge in [0.25, 0.3) is 11.8 Å². The van der Waals surface area contributed by atoms with Gasteiger partial charge in [0.15, 0.2) is 0 Å². The van der Waals surface area contributed by atoms with E-state index in [1.807, 2.05) is 25.1 Å². The third-order valence-corrected chi connectivity index (χ3v) is 4.72. The van der Waals surface area contributed by atoms with Crippen molar-refractivity contribution in [3.63, 3.8) is 0 Å². The minimum absolute atomic E-state index is 0.152. The second-order valence-electron chi connectivity index (χ2n) is 5.94. The summed E-state index contributed by atoms with van der Waals surface area (Å²) in [6.07, 6.45) is 0.647. The average Bonchev–Trinajstić information content (AvgIpc) is 2.83. The van der Waals surface area contributed by atoms with Crippen LogP contribution < -0.4 is 5.32 Å². The molecule has 1 N–H and O–H groups in total. The molecular formula is C19H17BrN2O3. The van der Waals surface area contributed by atoms with Crippen LogP contribution in [0.2, 0.25) is 0 Å². The van der Waals surface area contributed by atoms with Crippen molar-refractivity contribution in [2.45, 2.75) is 19.8 Å². The van der Waals surface area contributed by atoms with Crippen molar-refractivity contribution < 1.29 is 14.4 Å². The van der Waals surface area contributed by atoms with E-state index in [-0.39, 0.29) is 30.7 Å². The first kappa shape index (κ1) is 17.4. The summed E-state index contributed by atoms with van der Waals surface area (Å²) in [5.41, 5.74) is 2.66. The molecule has 0 unspecified atom stereocenters. The number of carbonyl (C=O) groups is 3. The number of imide groups is 1. The quantitative estimate of drug-likeness (QED) is 0.776. The highest BCUT2D eigenvalue weighted by Crippen LogP contribution is 2.24. The Bertz CT molecular complexity index is 828. The zero-order valence-electron chi connectivity index (χ0n) is 13.7. The molecule has 0 atom stereocenters. The molecule has 0 saturated heterocycles. The molecule has 0 bridgehead atoms. The Balaban J connectivity index is 1.54. The van der Waals surface area contributed by atoms with Gasteiger partial charge in [-0.2, -0.15) is 0 Å². The highest BCUT2D eigenvalue weighted by molar-refractivity contribution is 9.10. The number of halogens is 1. The van der Waals surface area contributed by atoms with Crippen LogP contribution in [-0.2, 0) is 4.79 Å². The van der Waals surface area contributed by atoms with Crippen molar-refractivity contribution in [3.8, 4) is 0 Å². The van der Waals surface area contributed by atoms with E-state index >= 15 is 0 Å². The molecule has 2 aromatic carbocycles. The van der Waals surface area contributed by atoms with Crippen LogP contribution in [0, 0.1) is 6.92 Å². The van der Waals surface area contributed by atoms with Crippen LogP contribution in [0.5, 0.6) is 0 Å². The predicted molar refractivity (Wildman–Crippen MR) is 98.6 cm³/mol. The predicted octanol–water partition coefficient (Wildman–Crippen LogP) is 3.77. The Kier molecular flexibility index (Phi) is 4.99. The van der Waals surface area contributed by atoms with Crippen molar-refractivity contribution in [2.75, 3.05) is 11.9 Å². The molecule has 0 radical (unpaired) electrons. The lowest BCUT2D eigenvalue weighted by atomic mass is 10.1. The smallest absolute Gasteiger partial charge is 0.261 e. The Morgan fingerprint density at radius 3 is 2.32 bits per heavy atom. The lowest BCUT2D eigenvalue weighted by Crippen LogP contribution is -2.31. The van der Waals surface area contributed by atoms with Gasteiger partial charge in [0.05, 0.1) is 16.8 Å². The van der Waals surface area contributed by atoms with Crippen LogP contribution in [-0.4, -0.2) is 29.2 Å². The average molecular weight is 401 g/mol. The van der Waals surface area contributed by atoms with Gasteiger partial charge in [-0.25, -0.2) is 0 Å². The molecule has 5 nitrogen and oxygen atoms in total. The van der Waals surface area contributed by atoms with Gasteiger partial charge in [0.1, 0.15) is 0 Å². The second-order valence-corrected chi connectivity index (χ2v) is 6.80. The summed E-state index contributed by atoms with van der Waals surface area (Å²) in [5.74, 6) is -0.731. The Labute approximate surface area is 154 Å². The molecule has 0 spiro atoms. The fourth-order valence-corrected chi connectivity index (χ4v) is 3.37. The molecule has 3 amide bonds. The summed E-state index contributed by atoms with van der Waals surface area (Å²) in [4.78, 5) is 37.8. The Hall–Kier alpha value is -2.47. The van der Waals surface area contributed by atoms with E-state index in [1.54, 1.807) is 24.3 Å². The lowest BCUT2D eigenvalue weighted by molar-refractivity contribution is -0.116. The number of nitrogens with zero attached hydrogens (tertiary/aromatic N) is 1. The maximum Gasteiger partial charge on any atom is 0.261 e. The van der Waals surface area contributed by atoms with E-state index in [4.69, 9.17) is 0 Å². The summed E-state index contributed by atoms with van der Waals surface area (Å²) in [6, 6.07) is 12.4. The van der Waals surface area contributed by atoms with E-state index in [1.165, 1.54) is 4.90 Å². The summed E-state index contributed by atoms with van der Waals surface area (Å²) < 4.78 is 0.821. The zero-order chi connectivity index (χ0) is 18.0. The van der Waals surface area contributed by atoms with Gasteiger partial charge in [-0.3, -0.25) is 19.3 Å². The first-order chi connectivity index (χ1) is 12.0. The monoisotopic (exact) mass is 400 g/mol. The number of amides is 3. The SMILES string of the molecule is Cc1ccc(NC(=O)CCCN2C(=O)c3ccccc3C2=O)c(Br)c1. The molecular weight excluding hydrogens is 384 g/mol. The van der Waals surface area contributed by atoms with E-state index in [2.05, 4.69) is 21.2 Å². The van der Waals surface area contributed by atoms with Gasteiger partial charge in [-0.05, 0) is 59.1 Å². The third-order valence-electron chi connectivity index (χ3n) is 4.06. The zero-order valence-corrected chi connectivity index (χ0v) is 15.3. The molecule has 0 aromatic heterocycles. The number of nitrogens with one attached hydrogen (secondary N) is 1. The lowest BCUT2D eigenvalue weighted by Gasteiger charge is -2.13. The molecule has 128 valence electrons. The minimum atomic E-state index is -0.290. The Morgan fingerprint density at radius 2 is 1.72 bits per heavy atom. The van der Waals surface area contributed by atoms with Crippen molar-refractivity contribution >= 4 is 39.3 Å². The number of aryl methyl sites for hydroxylation is 1. The fourth-order valence-electron chi connectivity index (χ4n) is 2.77. The Morgan fingerprint density at radius 1 is 1.08 bits per heavy atom. The molecule has 0 aliphatic carbocycles. The molecule has 1 aliphatic heterocycles. The van der Waals surface area contributed by atoms with Crippen LogP contribution in [0.4, 0.5) is 5.69 Å². The molecule has 2 aromatic rings. The number of benzene rings is 2. The number of rotatable bonds is 5. The maximum atomic E-state index is 12.2. The number of fused-ring (bicyclic) bond motifs is 1. The van der Waals surface area contributed by atoms with Crippen molar-refractivity contribution in [1.29, 1.82) is 0 Å². The van der Waals surface area contributed by atoms with Gasteiger partial charge >= 0.3 is 0 Å². The summed E-state index contributed by atoms with van der Waals surface area (Å²) in [6.45, 7) is 2.20. The van der Waals surface area contributed by atoms with E-state index in [0.717, 1.165) is 10.0 Å². The highest BCUT2D eigenvalue weighted by Gasteiger charge is 2.34. The number of carbonyl (C=O) groups excluding carboxylic acids is 3. The fraction of sp³-hybridized carbons (Fsp3) is 0.211. The van der Waals surface area contributed by atoms with Crippen LogP contribution in [0.25, 0.3) is 0 Å². The topological polar surface area (TPSA) is 66.5 Å². The van der Waals surface area contributed by atoms with Gasteiger partial charge in [0.2, 0.25) is 5.91 Å². The van der Waals surface area contributed by atoms with Gasteiger partial charge < -0.3 is 5.32 Å². The molecule has 6 heteroatoms. The number of anilines is 1. The number of hydrogen-bond donors (Lipinski definition) is 1. The summed E-state index contributed by atoms with van der Waals surface area (Å²) in [7, 11) is 0. The molecule has 0 saturated carbocycles. The van der Waals surface area contributed by atoms with Crippen molar-refractivity contribution in [3.05, 3.63) is 63.6 Å². The first-order valence-corrected chi connectivity index (χ1v) is 8.78. The van der Waals surface area contributed by atoms with E-state index < -0.39 is 0 Å². The van der Waals surface area contributed by atoms with Crippen LogP contribution >= 0.6 is 15.9 Å². The van der Waals surface area contributed by atoms with Gasteiger partial charge in [-0.1, -0.05) is 18.2 Å². The maximum absolute atomic E-state index is 12.2. The van der Waals surface area contributed by atoms with Crippen LogP contribution in [0.15, 0.2) is 46.9 Å². The standard InChI is InChI=1S/C19H17BrN2O3/c1-12-8-9-16(15(20)11-12)21-17(23)7-4-10-22-18(24)13-5-2-3-6-14(13)19(22)25/h2-3,5-6,8-9,11H,4,7,10H2,1H3,(H,21,23). The van der Waals surface area contributed by atoms with Crippen LogP contribution in [0.1, 0.15) is 39.1 Å². The molecule has 0 fully saturated rings.